The van der Waals surface area contributed by atoms with Gasteiger partial charge in [-0.1, -0.05) is 109 Å². The Balaban J connectivity index is -0.000000273. The lowest BCUT2D eigenvalue weighted by atomic mass is 9.75. The maximum absolute atomic E-state index is 10.8. The number of alkyl carbamates (subject to hydrolysis) is 1. The zero-order chi connectivity index (χ0) is 85.8. The van der Waals surface area contributed by atoms with Crippen molar-refractivity contribution in [3.63, 3.8) is 0 Å². The molecule has 29 heteroatoms. The Morgan fingerprint density at radius 2 is 1.19 bits per heavy atom. The van der Waals surface area contributed by atoms with Gasteiger partial charge in [0.15, 0.2) is 5.78 Å². The highest BCUT2D eigenvalue weighted by atomic mass is 32.1. The number of ether oxygens (including phenoxy) is 3. The molecule has 0 bridgehead atoms. The number of piperidine rings is 1. The Hall–Kier alpha value is -8.71. The van der Waals surface area contributed by atoms with Crippen LogP contribution in [0.1, 0.15) is 195 Å². The van der Waals surface area contributed by atoms with Gasteiger partial charge in [0.1, 0.15) is 53.6 Å². The molecule has 7 rings (SSSR count). The van der Waals surface area contributed by atoms with Gasteiger partial charge in [-0.15, -0.1) is 11.3 Å². The van der Waals surface area contributed by atoms with Crippen molar-refractivity contribution in [2.75, 3.05) is 107 Å². The molecule has 3 aliphatic rings. The number of nitrogens with two attached hydrogens (primary N) is 2. The van der Waals surface area contributed by atoms with Crippen molar-refractivity contribution in [3.05, 3.63) is 118 Å². The van der Waals surface area contributed by atoms with Crippen molar-refractivity contribution in [1.82, 2.24) is 34.9 Å². The predicted octanol–water partition coefficient (Wildman–Crippen LogP) is 11.3. The lowest BCUT2D eigenvalue weighted by Gasteiger charge is -2.43. The number of likely N-dealkylation sites (tertiary alicyclic amines) is 1. The van der Waals surface area contributed by atoms with Crippen LogP contribution in [0.5, 0.6) is 0 Å². The second-order valence-electron chi connectivity index (χ2n) is 28.5. The summed E-state index contributed by atoms with van der Waals surface area (Å²) in [5.74, 6) is -1.49. The maximum atomic E-state index is 10.8. The van der Waals surface area contributed by atoms with Crippen molar-refractivity contribution >= 4 is 87.7 Å². The number of carbonyl (C=O) groups excluding carboxylic acids is 10. The van der Waals surface area contributed by atoms with Crippen molar-refractivity contribution in [3.8, 4) is 0 Å². The number of ketones is 7. The lowest BCUT2D eigenvalue weighted by Crippen LogP contribution is -2.46. The second-order valence-corrected chi connectivity index (χ2v) is 29.5. The Bertz CT molecular complexity index is 3210. The SMILES string of the molecule is C.CC(=O)C(C)(C)CC(=O)O.CC(=O)C1CCOC1.CC(=O)CC(C)(C)C(=O)O.CC(=O)CCC(=O)O.CC(=O)CCN.CC(=O)CN.CC(=O)N1CCN(C)CC1.CC(=O)OCc1ccccc1.CC(=O)c1csc(C)n1.CC1CCN(CCN(C)C)CC1(C)C.CNC(=O)OCc1ccccc1.Cc1cccnc1. The van der Waals surface area contributed by atoms with Crippen molar-refractivity contribution in [2.24, 2.45) is 39.5 Å². The van der Waals surface area contributed by atoms with E-state index in [0.717, 1.165) is 61.3 Å². The zero-order valence-electron chi connectivity index (χ0n) is 69.8. The molecule has 2 aromatic carbocycles. The van der Waals surface area contributed by atoms with Crippen LogP contribution in [0.3, 0.4) is 0 Å². The van der Waals surface area contributed by atoms with Crippen LogP contribution in [-0.4, -0.2) is 228 Å². The number of amides is 2. The molecule has 3 fully saturated rings. The van der Waals surface area contributed by atoms with Gasteiger partial charge < -0.3 is 70.7 Å². The number of nitrogens with one attached hydrogen (secondary N) is 1. The van der Waals surface area contributed by atoms with E-state index in [2.05, 4.69) is 71.9 Å². The van der Waals surface area contributed by atoms with Crippen molar-refractivity contribution in [2.45, 2.75) is 190 Å². The van der Waals surface area contributed by atoms with E-state index >= 15 is 0 Å². The molecule has 630 valence electrons. The average Bonchev–Trinajstić information content (AvgIpc) is 1.28. The molecule has 2 aromatic heterocycles. The van der Waals surface area contributed by atoms with Gasteiger partial charge in [-0.3, -0.25) is 57.7 Å². The van der Waals surface area contributed by atoms with E-state index in [9.17, 15) is 62.3 Å². The first-order valence-corrected chi connectivity index (χ1v) is 37.2. The smallest absolute Gasteiger partial charge is 0.407 e. The van der Waals surface area contributed by atoms with E-state index in [1.807, 2.05) is 97.7 Å². The van der Waals surface area contributed by atoms with Gasteiger partial charge in [-0.05, 0) is 150 Å². The summed E-state index contributed by atoms with van der Waals surface area (Å²) in [6.45, 7) is 42.3. The summed E-state index contributed by atoms with van der Waals surface area (Å²) >= 11 is 1.50. The number of carboxylic acid groups (broad SMARTS) is 3. The molecule has 0 saturated carbocycles. The minimum absolute atomic E-state index is 0. The number of carboxylic acids is 3. The standard InChI is InChI=1S/C12H26N2.C9H11NO2.C9H10O2.C7H14N2O.2C7H12O3.C6H7NOS.C6H7N.C6H10O2.C5H8O3.C4H9NO.C3H7NO.CH4/c1-11-6-7-14(9-8-13(4)5)10-12(11,2)3;1-10-9(11)12-7-8-5-3-2-4-6-8;1-8(10)11-7-9-5-3-2-4-6-9;1-7(10)9-5-3-8(2)4-6-9;1-5(8)7(2,3)4-6(9)10;1-5(8)4-7(2,3)6(9)10;1-4(8)6-3-9-5(2)7-6;1-6-3-2-4-7-5-6;1-5(7)6-2-3-8-4-6;1-4(6)2-3-5(7)8;1-4(6)2-3-5;1-3(5)2-4;/h11H,6-10H2,1-5H3;2-6H,7H2,1H3,(H,10,11);2-6H,7H2,1H3;3-6H2,1-2H3;2*4H2,1-3H3,(H,9,10);3H,1-2H3;2-5H,1H3;6H,2-4H2,1H3;2-3H2,1H3,(H,7,8);2-3,5H2,1H3;2,4H2,1H3;1H4. The molecule has 0 radical (unpaired) electrons. The first-order chi connectivity index (χ1) is 51.0. The third kappa shape index (κ3) is 71.4. The number of nitrogens with zero attached hydrogens (tertiary/aromatic N) is 6. The fourth-order valence-electron chi connectivity index (χ4n) is 8.30. The molecule has 8 N–H and O–H groups in total. The monoisotopic (exact) mass is 1580 g/mol. The number of esters is 1. The van der Waals surface area contributed by atoms with Crippen LogP contribution in [0.4, 0.5) is 4.79 Å². The van der Waals surface area contributed by atoms with Gasteiger partial charge in [0.25, 0.3) is 0 Å². The van der Waals surface area contributed by atoms with Crippen molar-refractivity contribution < 1.29 is 91.9 Å². The predicted molar refractivity (Wildman–Crippen MR) is 437 cm³/mol. The largest absolute Gasteiger partial charge is 0.481 e. The van der Waals surface area contributed by atoms with Crippen LogP contribution in [0.2, 0.25) is 0 Å². The Kier molecular flexibility index (Phi) is 67.2. The highest BCUT2D eigenvalue weighted by molar-refractivity contribution is 7.09. The van der Waals surface area contributed by atoms with E-state index in [0.29, 0.717) is 43.9 Å². The summed E-state index contributed by atoms with van der Waals surface area (Å²) in [6, 6.07) is 23.1. The summed E-state index contributed by atoms with van der Waals surface area (Å²) in [5, 5.41) is 30.0. The number of hydrogen-bond acceptors (Lipinski definition) is 24. The minimum Gasteiger partial charge on any atom is -0.481 e. The molecule has 3 aliphatic heterocycles. The number of thiazole rings is 1. The summed E-state index contributed by atoms with van der Waals surface area (Å²) < 4.78 is 14.6. The number of aliphatic carboxylic acids is 3. The molecule has 0 spiro atoms. The molecule has 0 aliphatic carbocycles. The van der Waals surface area contributed by atoms with Crippen LogP contribution < -0.4 is 16.8 Å². The van der Waals surface area contributed by atoms with Crippen molar-refractivity contribution in [1.29, 1.82) is 0 Å². The highest BCUT2D eigenvalue weighted by Gasteiger charge is 2.33. The molecule has 4 aromatic rings. The lowest BCUT2D eigenvalue weighted by molar-refractivity contribution is -0.149. The minimum atomic E-state index is -0.930. The van der Waals surface area contributed by atoms with E-state index in [1.165, 1.54) is 119 Å². The van der Waals surface area contributed by atoms with Crippen LogP contribution >= 0.6 is 11.3 Å². The number of piperazine rings is 1. The molecule has 2 amide bonds. The van der Waals surface area contributed by atoms with E-state index < -0.39 is 34.8 Å². The number of likely N-dealkylation sites (N-methyl/N-ethyl adjacent to an activating group) is 2. The zero-order valence-corrected chi connectivity index (χ0v) is 70.6. The van der Waals surface area contributed by atoms with E-state index in [1.54, 1.807) is 39.3 Å². The summed E-state index contributed by atoms with van der Waals surface area (Å²) in [4.78, 5) is 151. The molecule has 3 saturated heterocycles. The van der Waals surface area contributed by atoms with E-state index in [4.69, 9.17) is 41.0 Å². The second kappa shape index (κ2) is 65.9. The summed E-state index contributed by atoms with van der Waals surface area (Å²) in [5.41, 5.74) is 12.5. The number of Topliss-reactive ketones (excluding diaryl/α,β-unsaturated/α-hetero) is 7. The Labute approximate surface area is 665 Å². The molecular formula is C82H137N9O19S. The van der Waals surface area contributed by atoms with Crippen LogP contribution in [-0.2, 0) is 80.2 Å². The normalized spacial score (nSPS) is 14.2. The van der Waals surface area contributed by atoms with Gasteiger partial charge in [0, 0.05) is 129 Å². The Morgan fingerprint density at radius 1 is 0.676 bits per heavy atom. The van der Waals surface area contributed by atoms with E-state index in [-0.39, 0.29) is 97.9 Å². The quantitative estimate of drug-likeness (QED) is 0.0333. The summed E-state index contributed by atoms with van der Waals surface area (Å²) in [7, 11) is 7.92. The number of benzene rings is 2. The molecule has 2 atom stereocenters. The fourth-order valence-corrected chi connectivity index (χ4v) is 8.95. The number of pyridine rings is 1. The number of rotatable bonds is 21. The molecule has 111 heavy (non-hydrogen) atoms. The molecule has 28 nitrogen and oxygen atoms in total. The van der Waals surface area contributed by atoms with Gasteiger partial charge in [0.2, 0.25) is 5.91 Å². The number of hydrogen-bond donors (Lipinski definition) is 6. The fraction of sp³-hybridized carbons (Fsp3) is 0.598. The topological polar surface area (TPSA) is 413 Å². The number of aryl methyl sites for hydroxylation is 2. The summed E-state index contributed by atoms with van der Waals surface area (Å²) in [6.07, 6.45) is 6.11. The molecule has 5 heterocycles. The molecule has 2 unspecified atom stereocenters. The maximum Gasteiger partial charge on any atom is 0.407 e. The van der Waals surface area contributed by atoms with Gasteiger partial charge in [-0.25, -0.2) is 9.78 Å². The van der Waals surface area contributed by atoms with Crippen LogP contribution in [0.15, 0.2) is 90.6 Å². The first-order valence-electron chi connectivity index (χ1n) is 36.3. The van der Waals surface area contributed by atoms with Crippen LogP contribution in [0, 0.1) is 41.9 Å². The average molecular weight is 1590 g/mol. The number of aromatic nitrogens is 2. The third-order valence-corrected chi connectivity index (χ3v) is 16.7. The highest BCUT2D eigenvalue weighted by Crippen LogP contribution is 2.34. The number of carbonyl (C=O) groups is 13. The first kappa shape index (κ1) is 113. The van der Waals surface area contributed by atoms with Gasteiger partial charge >= 0.3 is 30.0 Å². The van der Waals surface area contributed by atoms with Gasteiger partial charge in [-0.2, -0.15) is 0 Å². The van der Waals surface area contributed by atoms with Crippen LogP contribution in [0.25, 0.3) is 0 Å². The molecular weight excluding hydrogens is 1450 g/mol. The van der Waals surface area contributed by atoms with Gasteiger partial charge in [0.05, 0.1) is 36.4 Å². The Morgan fingerprint density at radius 3 is 1.45 bits per heavy atom. The third-order valence-electron chi connectivity index (χ3n) is 15.9.